The molecule has 34 heavy (non-hydrogen) atoms. The molecule has 5 rings (SSSR count). The number of rotatable bonds is 4. The van der Waals surface area contributed by atoms with E-state index in [9.17, 15) is 9.59 Å². The summed E-state index contributed by atoms with van der Waals surface area (Å²) in [5.41, 5.74) is 4.14. The van der Waals surface area contributed by atoms with E-state index >= 15 is 0 Å². The van der Waals surface area contributed by atoms with Gasteiger partial charge in [0.2, 0.25) is 0 Å². The Morgan fingerprint density at radius 3 is 2.76 bits per heavy atom. The molecule has 1 saturated heterocycles. The van der Waals surface area contributed by atoms with Crippen LogP contribution in [0.2, 0.25) is 5.02 Å². The highest BCUT2D eigenvalue weighted by Gasteiger charge is 2.59. The van der Waals surface area contributed by atoms with E-state index in [1.807, 2.05) is 67.6 Å². The van der Waals surface area contributed by atoms with Crippen LogP contribution in [0, 0.1) is 6.92 Å². The van der Waals surface area contributed by atoms with Gasteiger partial charge in [-0.25, -0.2) is 4.79 Å². The number of nitrogens with zero attached hydrogens (tertiary/aromatic N) is 2. The zero-order valence-corrected chi connectivity index (χ0v) is 20.4. The van der Waals surface area contributed by atoms with Crippen molar-refractivity contribution >= 4 is 46.7 Å². The third-order valence-electron chi connectivity index (χ3n) is 6.24. The average Bonchev–Trinajstić information content (AvgIpc) is 3.39. The first-order chi connectivity index (χ1) is 16.4. The molecule has 1 fully saturated rings. The summed E-state index contributed by atoms with van der Waals surface area (Å²) < 4.78 is 5.35. The maximum atomic E-state index is 14.0. The molecule has 0 aromatic heterocycles. The lowest BCUT2D eigenvalue weighted by atomic mass is 10.1. The fourth-order valence-electron chi connectivity index (χ4n) is 4.54. The number of anilines is 2. The number of hydrogen-bond acceptors (Lipinski definition) is 4. The van der Waals surface area contributed by atoms with Gasteiger partial charge in [-0.1, -0.05) is 48.0 Å². The van der Waals surface area contributed by atoms with Crippen LogP contribution >= 0.6 is 23.4 Å². The van der Waals surface area contributed by atoms with Crippen LogP contribution in [-0.4, -0.2) is 36.2 Å². The van der Waals surface area contributed by atoms with E-state index in [1.165, 1.54) is 11.8 Å². The van der Waals surface area contributed by atoms with Crippen molar-refractivity contribution in [1.29, 1.82) is 0 Å². The van der Waals surface area contributed by atoms with Crippen LogP contribution in [0.15, 0.2) is 66.7 Å². The molecule has 2 heterocycles. The van der Waals surface area contributed by atoms with Gasteiger partial charge in [-0.05, 0) is 48.4 Å². The van der Waals surface area contributed by atoms with Crippen LogP contribution in [-0.2, 0) is 16.2 Å². The van der Waals surface area contributed by atoms with Gasteiger partial charge < -0.3 is 15.0 Å². The highest BCUT2D eigenvalue weighted by molar-refractivity contribution is 8.01. The molecule has 0 aliphatic carbocycles. The molecular weight excluding hydrogens is 470 g/mol. The number of carbonyl (C=O) groups excluding carboxylic acids is 2. The second-order valence-electron chi connectivity index (χ2n) is 8.30. The molecule has 1 spiro atoms. The van der Waals surface area contributed by atoms with Crippen molar-refractivity contribution < 1.29 is 14.3 Å². The lowest BCUT2D eigenvalue weighted by Gasteiger charge is -2.33. The first-order valence-corrected chi connectivity index (χ1v) is 12.3. The largest absolute Gasteiger partial charge is 0.497 e. The molecule has 3 amide bonds. The molecule has 8 heteroatoms. The van der Waals surface area contributed by atoms with Crippen LogP contribution in [0.1, 0.15) is 16.7 Å². The van der Waals surface area contributed by atoms with Crippen LogP contribution < -0.4 is 15.0 Å². The lowest BCUT2D eigenvalue weighted by molar-refractivity contribution is -0.123. The molecule has 3 aromatic carbocycles. The van der Waals surface area contributed by atoms with Gasteiger partial charge in [0.25, 0.3) is 5.91 Å². The highest BCUT2D eigenvalue weighted by Crippen LogP contribution is 2.54. The summed E-state index contributed by atoms with van der Waals surface area (Å²) in [7, 11) is 1.62. The minimum Gasteiger partial charge on any atom is -0.497 e. The third kappa shape index (κ3) is 3.69. The normalized spacial score (nSPS) is 19.0. The summed E-state index contributed by atoms with van der Waals surface area (Å²) in [6.07, 6.45) is 0. The highest BCUT2D eigenvalue weighted by atomic mass is 35.5. The molecular formula is C26H24ClN3O3S. The summed E-state index contributed by atoms with van der Waals surface area (Å²) in [4.78, 5) is 29.8. The number of para-hydroxylation sites is 1. The van der Waals surface area contributed by atoms with Crippen LogP contribution in [0.4, 0.5) is 16.2 Å². The van der Waals surface area contributed by atoms with Crippen molar-refractivity contribution in [2.24, 2.45) is 0 Å². The molecule has 0 unspecified atom stereocenters. The quantitative estimate of drug-likeness (QED) is 0.511. The zero-order chi connectivity index (χ0) is 23.9. The summed E-state index contributed by atoms with van der Waals surface area (Å²) in [6.45, 7) is 2.76. The van der Waals surface area contributed by atoms with Gasteiger partial charge in [0.05, 0.1) is 19.3 Å². The fraction of sp³-hybridized carbons (Fsp3) is 0.231. The Morgan fingerprint density at radius 1 is 1.15 bits per heavy atom. The number of benzene rings is 3. The number of thioether (sulfide) groups is 1. The zero-order valence-electron chi connectivity index (χ0n) is 18.9. The fourth-order valence-corrected chi connectivity index (χ4v) is 6.18. The topological polar surface area (TPSA) is 61.9 Å². The number of halogens is 1. The van der Waals surface area contributed by atoms with Gasteiger partial charge >= 0.3 is 6.03 Å². The summed E-state index contributed by atoms with van der Waals surface area (Å²) in [5.74, 6) is 1.28. The van der Waals surface area contributed by atoms with Gasteiger partial charge in [0.1, 0.15) is 5.75 Å². The number of ether oxygens (including phenoxy) is 1. The maximum absolute atomic E-state index is 14.0. The minimum atomic E-state index is -1.10. The van der Waals surface area contributed by atoms with Crippen molar-refractivity contribution in [2.45, 2.75) is 18.3 Å². The Bertz CT molecular complexity index is 1280. The number of urea groups is 1. The Morgan fingerprint density at radius 2 is 1.97 bits per heavy atom. The Hall–Kier alpha value is -3.16. The standard InChI is InChI=1S/C26H24ClN3O3S/c1-17-10-11-19(15-22(17)27)28-25(32)30-12-13-34-26(30)21-8-3-4-9-23(21)29(24(26)31)16-18-6-5-7-20(14-18)33-2/h3-11,14-15H,12-13,16H2,1-2H3,(H,28,32)/t26-/m1/s1. The predicted molar refractivity (Wildman–Crippen MR) is 137 cm³/mol. The molecule has 174 valence electrons. The van der Waals surface area contributed by atoms with E-state index < -0.39 is 4.87 Å². The molecule has 0 saturated carbocycles. The first kappa shape index (κ1) is 22.6. The van der Waals surface area contributed by atoms with Crippen molar-refractivity contribution in [3.63, 3.8) is 0 Å². The summed E-state index contributed by atoms with van der Waals surface area (Å²) >= 11 is 7.75. The SMILES string of the molecule is COc1cccc(CN2C(=O)[C@]3(SCCN3C(=O)Nc3ccc(C)c(Cl)c3)c3ccccc32)c1. The van der Waals surface area contributed by atoms with Gasteiger partial charge in [0, 0.05) is 28.6 Å². The monoisotopic (exact) mass is 493 g/mol. The van der Waals surface area contributed by atoms with Gasteiger partial charge in [-0.15, -0.1) is 11.8 Å². The molecule has 2 aliphatic heterocycles. The second kappa shape index (κ2) is 8.89. The molecule has 1 atom stereocenters. The first-order valence-electron chi connectivity index (χ1n) is 11.0. The van der Waals surface area contributed by atoms with E-state index in [-0.39, 0.29) is 11.9 Å². The van der Waals surface area contributed by atoms with E-state index in [2.05, 4.69) is 5.32 Å². The smallest absolute Gasteiger partial charge is 0.323 e. The van der Waals surface area contributed by atoms with Crippen LogP contribution in [0.25, 0.3) is 0 Å². The van der Waals surface area contributed by atoms with E-state index in [1.54, 1.807) is 23.0 Å². The van der Waals surface area contributed by atoms with Crippen molar-refractivity contribution in [3.05, 3.63) is 88.4 Å². The molecule has 0 bridgehead atoms. The number of nitrogens with one attached hydrogen (secondary N) is 1. The molecule has 3 aromatic rings. The van der Waals surface area contributed by atoms with Crippen LogP contribution in [0.5, 0.6) is 5.75 Å². The second-order valence-corrected chi connectivity index (χ2v) is 9.99. The lowest BCUT2D eigenvalue weighted by Crippen LogP contribution is -2.51. The molecule has 0 radical (unpaired) electrons. The minimum absolute atomic E-state index is 0.115. The number of amides is 3. The number of carbonyl (C=O) groups is 2. The summed E-state index contributed by atoms with van der Waals surface area (Å²) in [6, 6.07) is 20.5. The Labute approximate surface area is 207 Å². The Balaban J connectivity index is 1.49. The van der Waals surface area contributed by atoms with Gasteiger partial charge in [-0.3, -0.25) is 9.69 Å². The van der Waals surface area contributed by atoms with Crippen LogP contribution in [0.3, 0.4) is 0 Å². The molecule has 6 nitrogen and oxygen atoms in total. The van der Waals surface area contributed by atoms with Crippen molar-refractivity contribution in [1.82, 2.24) is 4.90 Å². The molecule has 1 N–H and O–H groups in total. The number of aryl methyl sites for hydroxylation is 1. The van der Waals surface area contributed by atoms with E-state index in [0.717, 1.165) is 28.1 Å². The number of hydrogen-bond donors (Lipinski definition) is 1. The number of methoxy groups -OCH3 is 1. The summed E-state index contributed by atoms with van der Waals surface area (Å²) in [5, 5.41) is 3.51. The Kier molecular flexibility index (Phi) is 5.91. The maximum Gasteiger partial charge on any atom is 0.323 e. The van der Waals surface area contributed by atoms with E-state index in [4.69, 9.17) is 16.3 Å². The van der Waals surface area contributed by atoms with Crippen molar-refractivity contribution in [2.75, 3.05) is 29.6 Å². The average molecular weight is 494 g/mol. The third-order valence-corrected chi connectivity index (χ3v) is 8.07. The van der Waals surface area contributed by atoms with E-state index in [0.29, 0.717) is 29.6 Å². The predicted octanol–water partition coefficient (Wildman–Crippen LogP) is 5.64. The van der Waals surface area contributed by atoms with Gasteiger partial charge in [-0.2, -0.15) is 0 Å². The molecule has 2 aliphatic rings. The van der Waals surface area contributed by atoms with Crippen molar-refractivity contribution in [3.8, 4) is 5.75 Å². The van der Waals surface area contributed by atoms with Gasteiger partial charge in [0.15, 0.2) is 4.87 Å². The number of fused-ring (bicyclic) bond motifs is 2.